The molecule has 0 saturated heterocycles. The number of nitrogens with zero attached hydrogens (tertiary/aromatic N) is 4. The fourth-order valence-corrected chi connectivity index (χ4v) is 2.86. The van der Waals surface area contributed by atoms with Crippen LogP contribution in [0.4, 0.5) is 5.69 Å². The van der Waals surface area contributed by atoms with Gasteiger partial charge in [-0.2, -0.15) is 0 Å². The summed E-state index contributed by atoms with van der Waals surface area (Å²) >= 11 is 6.05. The monoisotopic (exact) mass is 375 g/mol. The predicted molar refractivity (Wildman–Crippen MR) is 99.7 cm³/mol. The van der Waals surface area contributed by atoms with Crippen LogP contribution in [-0.4, -0.2) is 24.6 Å². The molecule has 9 heteroatoms. The van der Waals surface area contributed by atoms with Gasteiger partial charge in [0.25, 0.3) is 5.56 Å². The molecule has 8 nitrogen and oxygen atoms in total. The number of hydrogen-bond donors (Lipinski definition) is 1. The van der Waals surface area contributed by atoms with E-state index >= 15 is 0 Å². The maximum absolute atomic E-state index is 12.4. The van der Waals surface area contributed by atoms with Gasteiger partial charge in [0.2, 0.25) is 5.91 Å². The molecule has 1 aromatic carbocycles. The molecule has 2 heterocycles. The molecule has 26 heavy (non-hydrogen) atoms. The number of anilines is 1. The van der Waals surface area contributed by atoms with E-state index in [0.29, 0.717) is 21.9 Å². The second kappa shape index (κ2) is 6.80. The van der Waals surface area contributed by atoms with E-state index in [-0.39, 0.29) is 18.9 Å². The van der Waals surface area contributed by atoms with Gasteiger partial charge in [0.05, 0.1) is 6.33 Å². The van der Waals surface area contributed by atoms with Crippen molar-refractivity contribution in [2.45, 2.75) is 19.9 Å². The summed E-state index contributed by atoms with van der Waals surface area (Å²) in [6.45, 7) is 2.14. The Labute approximate surface area is 153 Å². The topological polar surface area (TPSA) is 90.9 Å². The maximum atomic E-state index is 12.4. The molecule has 0 saturated carbocycles. The lowest BCUT2D eigenvalue weighted by molar-refractivity contribution is -0.116. The van der Waals surface area contributed by atoms with Crippen molar-refractivity contribution in [1.82, 2.24) is 18.7 Å². The summed E-state index contributed by atoms with van der Waals surface area (Å²) in [7, 11) is 2.96. The number of hydrogen-bond acceptors (Lipinski definition) is 4. The Bertz CT molecular complexity index is 1130. The van der Waals surface area contributed by atoms with Gasteiger partial charge in [-0.3, -0.25) is 18.7 Å². The van der Waals surface area contributed by atoms with Crippen LogP contribution >= 0.6 is 11.6 Å². The van der Waals surface area contributed by atoms with Crippen LogP contribution < -0.4 is 16.6 Å². The highest BCUT2D eigenvalue weighted by Gasteiger charge is 2.15. The zero-order valence-electron chi connectivity index (χ0n) is 14.6. The highest BCUT2D eigenvalue weighted by atomic mass is 35.5. The summed E-state index contributed by atoms with van der Waals surface area (Å²) in [4.78, 5) is 40.6. The molecule has 0 fully saturated rings. The van der Waals surface area contributed by atoms with E-state index in [1.807, 2.05) is 13.0 Å². The zero-order chi connectivity index (χ0) is 19.0. The van der Waals surface area contributed by atoms with Gasteiger partial charge in [0.1, 0.15) is 0 Å². The highest BCUT2D eigenvalue weighted by Crippen LogP contribution is 2.20. The zero-order valence-corrected chi connectivity index (χ0v) is 15.4. The summed E-state index contributed by atoms with van der Waals surface area (Å²) in [6.07, 6.45) is 1.60. The fraction of sp³-hybridized carbons (Fsp3) is 0.294. The van der Waals surface area contributed by atoms with Crippen LogP contribution in [0.15, 0.2) is 34.1 Å². The SMILES string of the molecule is Cc1ccc(NC(=O)CCn2cnc3c2c(=O)n(C)c(=O)n3C)cc1Cl. The average molecular weight is 376 g/mol. The first-order valence-corrected chi connectivity index (χ1v) is 8.34. The number of amides is 1. The van der Waals surface area contributed by atoms with E-state index in [1.54, 1.807) is 23.7 Å². The summed E-state index contributed by atoms with van der Waals surface area (Å²) in [5, 5.41) is 3.35. The molecule has 0 aliphatic rings. The lowest BCUT2D eigenvalue weighted by atomic mass is 10.2. The number of carbonyl (C=O) groups is 1. The Hall–Kier alpha value is -2.87. The molecule has 0 radical (unpaired) electrons. The van der Waals surface area contributed by atoms with Crippen LogP contribution in [0.1, 0.15) is 12.0 Å². The molecular formula is C17H18ClN5O3. The van der Waals surface area contributed by atoms with Crippen molar-refractivity contribution >= 4 is 34.4 Å². The number of aromatic nitrogens is 4. The van der Waals surface area contributed by atoms with Crippen molar-refractivity contribution < 1.29 is 4.79 Å². The van der Waals surface area contributed by atoms with Crippen LogP contribution in [0.3, 0.4) is 0 Å². The van der Waals surface area contributed by atoms with Crippen LogP contribution in [0.2, 0.25) is 5.02 Å². The van der Waals surface area contributed by atoms with E-state index in [2.05, 4.69) is 10.3 Å². The molecule has 136 valence electrons. The molecule has 0 aliphatic carbocycles. The second-order valence-electron chi connectivity index (χ2n) is 6.08. The number of aryl methyl sites for hydroxylation is 3. The maximum Gasteiger partial charge on any atom is 0.332 e. The molecule has 1 amide bonds. The Morgan fingerprint density at radius 1 is 1.23 bits per heavy atom. The van der Waals surface area contributed by atoms with Gasteiger partial charge in [-0.05, 0) is 24.6 Å². The quantitative estimate of drug-likeness (QED) is 0.746. The third kappa shape index (κ3) is 3.15. The first kappa shape index (κ1) is 17.9. The van der Waals surface area contributed by atoms with E-state index in [4.69, 9.17) is 11.6 Å². The number of rotatable bonds is 4. The van der Waals surface area contributed by atoms with Crippen LogP contribution in [-0.2, 0) is 25.4 Å². The van der Waals surface area contributed by atoms with Crippen molar-refractivity contribution in [2.24, 2.45) is 14.1 Å². The summed E-state index contributed by atoms with van der Waals surface area (Å²) in [5.74, 6) is -0.214. The van der Waals surface area contributed by atoms with E-state index in [1.165, 1.54) is 17.9 Å². The second-order valence-corrected chi connectivity index (χ2v) is 6.49. The van der Waals surface area contributed by atoms with Gasteiger partial charge in [0, 0.05) is 37.8 Å². The van der Waals surface area contributed by atoms with E-state index in [0.717, 1.165) is 10.1 Å². The summed E-state index contributed by atoms with van der Waals surface area (Å²) in [6, 6.07) is 5.29. The number of imidazole rings is 1. The number of nitrogens with one attached hydrogen (secondary N) is 1. The molecule has 3 rings (SSSR count). The van der Waals surface area contributed by atoms with Gasteiger partial charge in [-0.15, -0.1) is 0 Å². The molecule has 0 atom stereocenters. The first-order valence-electron chi connectivity index (χ1n) is 7.96. The van der Waals surface area contributed by atoms with Crippen LogP contribution in [0.5, 0.6) is 0 Å². The Kier molecular flexibility index (Phi) is 4.69. The molecule has 0 unspecified atom stereocenters. The predicted octanol–water partition coefficient (Wildman–Crippen LogP) is 1.42. The molecule has 1 N–H and O–H groups in total. The number of fused-ring (bicyclic) bond motifs is 1. The summed E-state index contributed by atoms with van der Waals surface area (Å²) < 4.78 is 3.91. The van der Waals surface area contributed by atoms with Gasteiger partial charge in [-0.1, -0.05) is 17.7 Å². The number of halogens is 1. The largest absolute Gasteiger partial charge is 0.332 e. The van der Waals surface area contributed by atoms with Crippen molar-refractivity contribution in [2.75, 3.05) is 5.32 Å². The van der Waals surface area contributed by atoms with Crippen molar-refractivity contribution in [1.29, 1.82) is 0 Å². The highest BCUT2D eigenvalue weighted by molar-refractivity contribution is 6.31. The van der Waals surface area contributed by atoms with Crippen molar-refractivity contribution in [3.05, 3.63) is 56.0 Å². The molecule has 3 aromatic rings. The van der Waals surface area contributed by atoms with Gasteiger partial charge < -0.3 is 9.88 Å². The van der Waals surface area contributed by atoms with Gasteiger partial charge in [0.15, 0.2) is 11.2 Å². The lowest BCUT2D eigenvalue weighted by Gasteiger charge is -2.08. The van der Waals surface area contributed by atoms with Crippen molar-refractivity contribution in [3.8, 4) is 0 Å². The number of carbonyl (C=O) groups excluding carboxylic acids is 1. The molecule has 0 aliphatic heterocycles. The molecule has 0 spiro atoms. The molecule has 0 bridgehead atoms. The van der Waals surface area contributed by atoms with Crippen molar-refractivity contribution in [3.63, 3.8) is 0 Å². The summed E-state index contributed by atoms with van der Waals surface area (Å²) in [5.41, 5.74) is 1.24. The average Bonchev–Trinajstić information content (AvgIpc) is 3.03. The third-order valence-corrected chi connectivity index (χ3v) is 4.66. The molecule has 2 aromatic heterocycles. The minimum absolute atomic E-state index is 0.142. The Balaban J connectivity index is 1.80. The third-order valence-electron chi connectivity index (χ3n) is 4.25. The standard InChI is InChI=1S/C17H18ClN5O3/c1-10-4-5-11(8-12(10)18)20-13(24)6-7-23-9-19-15-14(23)16(25)22(3)17(26)21(15)2/h4-5,8-9H,6-7H2,1-3H3,(H,20,24). The van der Waals surface area contributed by atoms with Gasteiger partial charge >= 0.3 is 5.69 Å². The van der Waals surface area contributed by atoms with Crippen LogP contribution in [0.25, 0.3) is 11.2 Å². The Morgan fingerprint density at radius 3 is 2.65 bits per heavy atom. The smallest absolute Gasteiger partial charge is 0.326 e. The van der Waals surface area contributed by atoms with Gasteiger partial charge in [-0.25, -0.2) is 9.78 Å². The minimum atomic E-state index is -0.443. The first-order chi connectivity index (χ1) is 12.3. The van der Waals surface area contributed by atoms with E-state index < -0.39 is 11.2 Å². The van der Waals surface area contributed by atoms with Crippen LogP contribution in [0, 0.1) is 6.92 Å². The molecular weight excluding hydrogens is 358 g/mol. The minimum Gasteiger partial charge on any atom is -0.326 e. The van der Waals surface area contributed by atoms with E-state index in [9.17, 15) is 14.4 Å². The Morgan fingerprint density at radius 2 is 1.96 bits per heavy atom. The fourth-order valence-electron chi connectivity index (χ4n) is 2.68. The number of benzene rings is 1. The normalized spacial score (nSPS) is 11.1. The lowest BCUT2D eigenvalue weighted by Crippen LogP contribution is -2.37.